The topological polar surface area (TPSA) is 63.2 Å². The van der Waals surface area contributed by atoms with Crippen LogP contribution >= 0.6 is 0 Å². The number of hydrogen-bond donors (Lipinski definition) is 1. The number of guanidine groups is 1. The van der Waals surface area contributed by atoms with Crippen LogP contribution < -0.4 is 5.32 Å². The predicted octanol–water partition coefficient (Wildman–Crippen LogP) is 2.59. The molecule has 0 aliphatic carbocycles. The van der Waals surface area contributed by atoms with E-state index in [0.29, 0.717) is 19.6 Å². The number of ether oxygens (including phenoxy) is 2. The largest absolute Gasteiger partial charge is 0.463 e. The third-order valence-corrected chi connectivity index (χ3v) is 4.33. The number of carbonyl (C=O) groups excluding carboxylic acids is 1. The summed E-state index contributed by atoms with van der Waals surface area (Å²) in [6.07, 6.45) is 0.260. The van der Waals surface area contributed by atoms with Crippen LogP contribution in [0.2, 0.25) is 0 Å². The first-order valence-corrected chi connectivity index (χ1v) is 9.24. The fourth-order valence-electron chi connectivity index (χ4n) is 3.15. The van der Waals surface area contributed by atoms with Crippen molar-refractivity contribution in [2.75, 3.05) is 33.3 Å². The molecule has 0 bridgehead atoms. The highest BCUT2D eigenvalue weighted by atomic mass is 16.5. The minimum absolute atomic E-state index is 0.0220. The fourth-order valence-corrected chi connectivity index (χ4v) is 3.15. The first-order chi connectivity index (χ1) is 12.4. The summed E-state index contributed by atoms with van der Waals surface area (Å²) in [5, 5.41) is 3.26. The van der Waals surface area contributed by atoms with Crippen molar-refractivity contribution in [3.05, 3.63) is 34.9 Å². The molecule has 144 valence electrons. The lowest BCUT2D eigenvalue weighted by molar-refractivity contribution is -0.147. The number of aryl methyl sites for hydroxylation is 2. The Morgan fingerprint density at radius 2 is 2.19 bits per heavy atom. The van der Waals surface area contributed by atoms with Crippen molar-refractivity contribution in [2.24, 2.45) is 4.99 Å². The van der Waals surface area contributed by atoms with E-state index < -0.39 is 0 Å². The van der Waals surface area contributed by atoms with Crippen LogP contribution in [-0.2, 0) is 14.3 Å². The maximum Gasteiger partial charge on any atom is 0.307 e. The van der Waals surface area contributed by atoms with Gasteiger partial charge in [0.25, 0.3) is 0 Å². The zero-order valence-corrected chi connectivity index (χ0v) is 16.5. The fraction of sp³-hybridized carbons (Fsp3) is 0.600. The summed E-state index contributed by atoms with van der Waals surface area (Å²) in [5.74, 6) is 0.596. The predicted molar refractivity (Wildman–Crippen MR) is 103 cm³/mol. The summed E-state index contributed by atoms with van der Waals surface area (Å²) in [5.41, 5.74) is 3.72. The number of rotatable bonds is 5. The van der Waals surface area contributed by atoms with Crippen LogP contribution in [0.15, 0.2) is 23.2 Å². The van der Waals surface area contributed by atoms with Crippen LogP contribution in [0.1, 0.15) is 43.1 Å². The van der Waals surface area contributed by atoms with Crippen molar-refractivity contribution >= 4 is 11.9 Å². The van der Waals surface area contributed by atoms with Gasteiger partial charge in [0.1, 0.15) is 6.10 Å². The minimum Gasteiger partial charge on any atom is -0.463 e. The van der Waals surface area contributed by atoms with Crippen molar-refractivity contribution in [2.45, 2.75) is 46.3 Å². The van der Waals surface area contributed by atoms with E-state index in [9.17, 15) is 4.79 Å². The second kappa shape index (κ2) is 9.57. The van der Waals surface area contributed by atoms with Gasteiger partial charge in [-0.15, -0.1) is 0 Å². The van der Waals surface area contributed by atoms with Crippen LogP contribution in [0.5, 0.6) is 0 Å². The quantitative estimate of drug-likeness (QED) is 0.496. The Morgan fingerprint density at radius 1 is 1.42 bits per heavy atom. The van der Waals surface area contributed by atoms with E-state index in [1.807, 2.05) is 13.8 Å². The Kier molecular flexibility index (Phi) is 7.45. The van der Waals surface area contributed by atoms with Crippen LogP contribution in [-0.4, -0.2) is 56.2 Å². The Hall–Kier alpha value is -2.08. The normalized spacial score (nSPS) is 18.2. The van der Waals surface area contributed by atoms with Crippen molar-refractivity contribution in [3.8, 4) is 0 Å². The molecule has 0 spiro atoms. The molecule has 0 radical (unpaired) electrons. The molecule has 0 saturated carbocycles. The molecule has 1 fully saturated rings. The molecule has 6 heteroatoms. The Morgan fingerprint density at radius 3 is 2.85 bits per heavy atom. The van der Waals surface area contributed by atoms with Crippen molar-refractivity contribution in [3.63, 3.8) is 0 Å². The molecule has 1 aliphatic rings. The summed E-state index contributed by atoms with van der Waals surface area (Å²) < 4.78 is 11.2. The van der Waals surface area contributed by atoms with E-state index in [4.69, 9.17) is 9.47 Å². The lowest BCUT2D eigenvalue weighted by atomic mass is 10.00. The van der Waals surface area contributed by atoms with E-state index in [1.165, 1.54) is 16.7 Å². The van der Waals surface area contributed by atoms with Crippen molar-refractivity contribution in [1.29, 1.82) is 0 Å². The molecule has 1 saturated heterocycles. The first-order valence-electron chi connectivity index (χ1n) is 9.24. The summed E-state index contributed by atoms with van der Waals surface area (Å²) in [4.78, 5) is 18.2. The lowest BCUT2D eigenvalue weighted by Gasteiger charge is -2.35. The zero-order valence-electron chi connectivity index (χ0n) is 16.5. The van der Waals surface area contributed by atoms with Gasteiger partial charge in [-0.05, 0) is 38.8 Å². The standard InChI is InChI=1S/C20H31N3O3/c1-14(2)26-19(24)8-9-22-20(21-5)23-10-11-25-18(13-23)17-7-6-15(3)12-16(17)4/h6-7,12,14,18H,8-11,13H2,1-5H3,(H,21,22). The number of benzene rings is 1. The molecule has 0 aromatic heterocycles. The Bertz CT molecular complexity index is 643. The second-order valence-electron chi connectivity index (χ2n) is 6.93. The molecule has 1 aromatic carbocycles. The molecule has 1 aliphatic heterocycles. The summed E-state index contributed by atoms with van der Waals surface area (Å²) >= 11 is 0. The summed E-state index contributed by atoms with van der Waals surface area (Å²) in [7, 11) is 1.76. The van der Waals surface area contributed by atoms with Crippen LogP contribution in [0.3, 0.4) is 0 Å². The molecular formula is C20H31N3O3. The molecule has 0 amide bonds. The number of carbonyl (C=O) groups is 1. The lowest BCUT2D eigenvalue weighted by Crippen LogP contribution is -2.48. The highest BCUT2D eigenvalue weighted by molar-refractivity contribution is 5.80. The molecule has 1 aromatic rings. The van der Waals surface area contributed by atoms with Crippen LogP contribution in [0, 0.1) is 13.8 Å². The van der Waals surface area contributed by atoms with Gasteiger partial charge in [0.15, 0.2) is 5.96 Å². The van der Waals surface area contributed by atoms with Crippen molar-refractivity contribution in [1.82, 2.24) is 10.2 Å². The van der Waals surface area contributed by atoms with Gasteiger partial charge in [-0.3, -0.25) is 9.79 Å². The average molecular weight is 361 g/mol. The number of aliphatic imine (C=N–C) groups is 1. The van der Waals surface area contributed by atoms with Crippen molar-refractivity contribution < 1.29 is 14.3 Å². The highest BCUT2D eigenvalue weighted by Crippen LogP contribution is 2.25. The Labute approximate surface area is 156 Å². The van der Waals surface area contributed by atoms with E-state index in [-0.39, 0.29) is 18.2 Å². The third-order valence-electron chi connectivity index (χ3n) is 4.33. The highest BCUT2D eigenvalue weighted by Gasteiger charge is 2.25. The van der Waals surface area contributed by atoms with Gasteiger partial charge >= 0.3 is 5.97 Å². The van der Waals surface area contributed by atoms with E-state index in [0.717, 1.165) is 19.0 Å². The molecular weight excluding hydrogens is 330 g/mol. The van der Waals surface area contributed by atoms with E-state index in [2.05, 4.69) is 47.3 Å². The second-order valence-corrected chi connectivity index (χ2v) is 6.93. The number of hydrogen-bond acceptors (Lipinski definition) is 4. The number of esters is 1. The van der Waals surface area contributed by atoms with E-state index in [1.54, 1.807) is 7.05 Å². The van der Waals surface area contributed by atoms with Crippen LogP contribution in [0.25, 0.3) is 0 Å². The molecule has 1 heterocycles. The molecule has 1 atom stereocenters. The maximum absolute atomic E-state index is 11.7. The molecule has 6 nitrogen and oxygen atoms in total. The maximum atomic E-state index is 11.7. The van der Waals surface area contributed by atoms with Gasteiger partial charge < -0.3 is 19.7 Å². The SMILES string of the molecule is CN=C(NCCC(=O)OC(C)C)N1CCOC(c2ccc(C)cc2C)C1. The Balaban J connectivity index is 1.93. The van der Waals surface area contributed by atoms with Gasteiger partial charge in [0.2, 0.25) is 0 Å². The monoisotopic (exact) mass is 361 g/mol. The van der Waals surface area contributed by atoms with Gasteiger partial charge in [-0.25, -0.2) is 0 Å². The number of morpholine rings is 1. The van der Waals surface area contributed by atoms with Gasteiger partial charge in [-0.2, -0.15) is 0 Å². The summed E-state index contributed by atoms with van der Waals surface area (Å²) in [6.45, 7) is 10.6. The summed E-state index contributed by atoms with van der Waals surface area (Å²) in [6, 6.07) is 6.46. The first kappa shape index (κ1) is 20.2. The minimum atomic E-state index is -0.196. The van der Waals surface area contributed by atoms with Gasteiger partial charge in [0.05, 0.1) is 25.7 Å². The third kappa shape index (κ3) is 5.73. The molecule has 26 heavy (non-hydrogen) atoms. The number of nitrogens with one attached hydrogen (secondary N) is 1. The number of nitrogens with zero attached hydrogens (tertiary/aromatic N) is 2. The van der Waals surface area contributed by atoms with Gasteiger partial charge in [-0.1, -0.05) is 23.8 Å². The molecule has 1 N–H and O–H groups in total. The van der Waals surface area contributed by atoms with Crippen LogP contribution in [0.4, 0.5) is 0 Å². The zero-order chi connectivity index (χ0) is 19.1. The smallest absolute Gasteiger partial charge is 0.307 e. The molecule has 2 rings (SSSR count). The average Bonchev–Trinajstić information content (AvgIpc) is 2.58. The molecule has 1 unspecified atom stereocenters. The van der Waals surface area contributed by atoms with Gasteiger partial charge in [0, 0.05) is 20.1 Å². The van der Waals surface area contributed by atoms with E-state index >= 15 is 0 Å².